The van der Waals surface area contributed by atoms with E-state index >= 15 is 0 Å². The van der Waals surface area contributed by atoms with Crippen molar-refractivity contribution in [3.8, 4) is 0 Å². The number of hydrogen-bond donors (Lipinski definition) is 2. The lowest BCUT2D eigenvalue weighted by Gasteiger charge is -2.22. The summed E-state index contributed by atoms with van der Waals surface area (Å²) in [4.78, 5) is 11.1. The van der Waals surface area contributed by atoms with E-state index in [9.17, 15) is 14.3 Å². The van der Waals surface area contributed by atoms with Crippen LogP contribution in [0.25, 0.3) is 0 Å². The lowest BCUT2D eigenvalue weighted by Crippen LogP contribution is -2.30. The maximum atomic E-state index is 12.7. The third kappa shape index (κ3) is 3.82. The lowest BCUT2D eigenvalue weighted by atomic mass is 9.85. The van der Waals surface area contributed by atoms with Gasteiger partial charge in [-0.1, -0.05) is 19.1 Å². The summed E-state index contributed by atoms with van der Waals surface area (Å²) in [5, 5.41) is 18.6. The summed E-state index contributed by atoms with van der Waals surface area (Å²) < 4.78 is 12.7. The van der Waals surface area contributed by atoms with Crippen molar-refractivity contribution < 1.29 is 19.4 Å². The number of benzene rings is 1. The molecule has 0 spiro atoms. The van der Waals surface area contributed by atoms with E-state index in [2.05, 4.69) is 0 Å². The summed E-state index contributed by atoms with van der Waals surface area (Å²) in [5.74, 6) is -2.30. The van der Waals surface area contributed by atoms with Gasteiger partial charge in [0.25, 0.3) is 0 Å². The lowest BCUT2D eigenvalue weighted by molar-refractivity contribution is -0.145. The topological polar surface area (TPSA) is 57.5 Å². The molecule has 0 bridgehead atoms. The molecule has 3 atom stereocenters. The fourth-order valence-electron chi connectivity index (χ4n) is 1.71. The molecule has 0 aliphatic heterocycles. The van der Waals surface area contributed by atoms with Crippen LogP contribution >= 0.6 is 0 Å². The van der Waals surface area contributed by atoms with Crippen molar-refractivity contribution in [1.82, 2.24) is 0 Å². The molecule has 3 unspecified atom stereocenters. The standard InChI is InChI=1S/C13H17FO3/c1-8(9(2)15)12(13(16)17)7-10-3-5-11(14)6-4-10/h3-6,8-9,12,15H,7H2,1-2H3,(H,16,17). The largest absolute Gasteiger partial charge is 0.481 e. The smallest absolute Gasteiger partial charge is 0.307 e. The third-order valence-electron chi connectivity index (χ3n) is 3.08. The molecule has 0 aromatic heterocycles. The minimum atomic E-state index is -0.942. The van der Waals surface area contributed by atoms with Crippen LogP contribution in [0.4, 0.5) is 4.39 Å². The zero-order valence-corrected chi connectivity index (χ0v) is 9.93. The average Bonchev–Trinajstić information content (AvgIpc) is 2.26. The summed E-state index contributed by atoms with van der Waals surface area (Å²) in [6.45, 7) is 3.28. The zero-order chi connectivity index (χ0) is 13.0. The number of aliphatic hydroxyl groups excluding tert-OH is 1. The summed E-state index contributed by atoms with van der Waals surface area (Å²) in [5.41, 5.74) is 0.756. The Bertz CT molecular complexity index is 373. The normalized spacial score (nSPS) is 16.2. The van der Waals surface area contributed by atoms with E-state index < -0.39 is 18.0 Å². The Labute approximate surface area is 99.9 Å². The monoisotopic (exact) mass is 240 g/mol. The van der Waals surface area contributed by atoms with Gasteiger partial charge in [0, 0.05) is 0 Å². The summed E-state index contributed by atoms with van der Waals surface area (Å²) in [7, 11) is 0. The molecule has 0 saturated heterocycles. The van der Waals surface area contributed by atoms with Gasteiger partial charge in [-0.2, -0.15) is 0 Å². The number of carboxylic acids is 1. The first kappa shape index (κ1) is 13.6. The van der Waals surface area contributed by atoms with E-state index in [1.54, 1.807) is 26.0 Å². The molecule has 94 valence electrons. The predicted molar refractivity (Wildman–Crippen MR) is 62.1 cm³/mol. The average molecular weight is 240 g/mol. The molecule has 0 radical (unpaired) electrons. The molecule has 1 aromatic rings. The Kier molecular flexibility index (Phi) is 4.63. The second-order valence-corrected chi connectivity index (χ2v) is 4.38. The van der Waals surface area contributed by atoms with E-state index in [1.165, 1.54) is 12.1 Å². The van der Waals surface area contributed by atoms with Gasteiger partial charge in [0.1, 0.15) is 5.82 Å². The van der Waals surface area contributed by atoms with Crippen LogP contribution in [0.15, 0.2) is 24.3 Å². The fourth-order valence-corrected chi connectivity index (χ4v) is 1.71. The van der Waals surface area contributed by atoms with Crippen LogP contribution in [0.3, 0.4) is 0 Å². The van der Waals surface area contributed by atoms with Crippen LogP contribution in [0.5, 0.6) is 0 Å². The Morgan fingerprint density at radius 3 is 2.24 bits per heavy atom. The number of aliphatic carboxylic acids is 1. The van der Waals surface area contributed by atoms with Gasteiger partial charge in [-0.05, 0) is 37.0 Å². The molecular weight excluding hydrogens is 223 g/mol. The first-order valence-corrected chi connectivity index (χ1v) is 5.57. The highest BCUT2D eigenvalue weighted by Crippen LogP contribution is 2.21. The summed E-state index contributed by atoms with van der Waals surface area (Å²) in [6.07, 6.45) is -0.390. The zero-order valence-electron chi connectivity index (χ0n) is 9.93. The first-order chi connectivity index (χ1) is 7.91. The minimum Gasteiger partial charge on any atom is -0.481 e. The van der Waals surface area contributed by atoms with Gasteiger partial charge in [-0.3, -0.25) is 4.79 Å². The van der Waals surface area contributed by atoms with E-state index in [1.807, 2.05) is 0 Å². The molecular formula is C13H17FO3. The highest BCUT2D eigenvalue weighted by Gasteiger charge is 2.27. The Morgan fingerprint density at radius 2 is 1.82 bits per heavy atom. The van der Waals surface area contributed by atoms with Gasteiger partial charge in [0.2, 0.25) is 0 Å². The molecule has 2 N–H and O–H groups in total. The molecule has 4 heteroatoms. The second-order valence-electron chi connectivity index (χ2n) is 4.38. The molecule has 1 aromatic carbocycles. The molecule has 17 heavy (non-hydrogen) atoms. The summed E-state index contributed by atoms with van der Waals surface area (Å²) in [6, 6.07) is 5.75. The number of rotatable bonds is 5. The van der Waals surface area contributed by atoms with Crippen LogP contribution in [-0.4, -0.2) is 22.3 Å². The third-order valence-corrected chi connectivity index (χ3v) is 3.08. The minimum absolute atomic E-state index is 0.293. The van der Waals surface area contributed by atoms with E-state index in [-0.39, 0.29) is 11.7 Å². The molecule has 1 rings (SSSR count). The van der Waals surface area contributed by atoms with Gasteiger partial charge in [0.15, 0.2) is 0 Å². The SMILES string of the molecule is CC(O)C(C)C(Cc1ccc(F)cc1)C(=O)O. The van der Waals surface area contributed by atoms with Crippen LogP contribution in [0, 0.1) is 17.7 Å². The number of carbonyl (C=O) groups is 1. The molecule has 0 saturated carbocycles. The molecule has 0 fully saturated rings. The van der Waals surface area contributed by atoms with Crippen molar-refractivity contribution in [3.05, 3.63) is 35.6 Å². The van der Waals surface area contributed by atoms with Crippen molar-refractivity contribution >= 4 is 5.97 Å². The molecule has 0 heterocycles. The van der Waals surface area contributed by atoms with Gasteiger partial charge in [0.05, 0.1) is 12.0 Å². The Balaban J connectivity index is 2.80. The maximum Gasteiger partial charge on any atom is 0.307 e. The quantitative estimate of drug-likeness (QED) is 0.828. The second kappa shape index (κ2) is 5.77. The van der Waals surface area contributed by atoms with Crippen molar-refractivity contribution in [2.75, 3.05) is 0 Å². The highest BCUT2D eigenvalue weighted by molar-refractivity contribution is 5.70. The Morgan fingerprint density at radius 1 is 1.29 bits per heavy atom. The molecule has 0 aliphatic carbocycles. The van der Waals surface area contributed by atoms with E-state index in [0.717, 1.165) is 5.56 Å². The van der Waals surface area contributed by atoms with Crippen LogP contribution in [-0.2, 0) is 11.2 Å². The fraction of sp³-hybridized carbons (Fsp3) is 0.462. The van der Waals surface area contributed by atoms with E-state index in [4.69, 9.17) is 5.11 Å². The molecule has 0 amide bonds. The van der Waals surface area contributed by atoms with Gasteiger partial charge in [-0.15, -0.1) is 0 Å². The van der Waals surface area contributed by atoms with Gasteiger partial charge < -0.3 is 10.2 Å². The number of carboxylic acid groups (broad SMARTS) is 1. The van der Waals surface area contributed by atoms with Crippen molar-refractivity contribution in [2.24, 2.45) is 11.8 Å². The summed E-state index contributed by atoms with van der Waals surface area (Å²) >= 11 is 0. The van der Waals surface area contributed by atoms with E-state index in [0.29, 0.717) is 6.42 Å². The van der Waals surface area contributed by atoms with Crippen molar-refractivity contribution in [1.29, 1.82) is 0 Å². The van der Waals surface area contributed by atoms with Crippen LogP contribution < -0.4 is 0 Å². The Hall–Kier alpha value is -1.42. The van der Waals surface area contributed by atoms with Crippen molar-refractivity contribution in [3.63, 3.8) is 0 Å². The number of hydrogen-bond acceptors (Lipinski definition) is 2. The van der Waals surface area contributed by atoms with Gasteiger partial charge in [-0.25, -0.2) is 4.39 Å². The molecule has 3 nitrogen and oxygen atoms in total. The van der Waals surface area contributed by atoms with Crippen LogP contribution in [0.1, 0.15) is 19.4 Å². The van der Waals surface area contributed by atoms with Crippen molar-refractivity contribution in [2.45, 2.75) is 26.4 Å². The maximum absolute atomic E-state index is 12.7. The highest BCUT2D eigenvalue weighted by atomic mass is 19.1. The van der Waals surface area contributed by atoms with Crippen LogP contribution in [0.2, 0.25) is 0 Å². The predicted octanol–water partition coefficient (Wildman–Crippen LogP) is 2.09. The first-order valence-electron chi connectivity index (χ1n) is 5.57. The number of aliphatic hydroxyl groups is 1. The van der Waals surface area contributed by atoms with Gasteiger partial charge >= 0.3 is 5.97 Å². The molecule has 0 aliphatic rings. The number of halogens is 1.